The fourth-order valence-corrected chi connectivity index (χ4v) is 2.04. The number of alkyl halides is 1. The smallest absolute Gasteiger partial charge is 0.242 e. The van der Waals surface area contributed by atoms with Gasteiger partial charge in [0.25, 0.3) is 0 Å². The van der Waals surface area contributed by atoms with Crippen LogP contribution in [0.1, 0.15) is 5.56 Å². The fraction of sp³-hybridized carbons (Fsp3) is 0.300. The van der Waals surface area contributed by atoms with Crippen molar-refractivity contribution in [1.82, 2.24) is 9.71 Å². The van der Waals surface area contributed by atoms with Gasteiger partial charge in [-0.15, -0.1) is 0 Å². The summed E-state index contributed by atoms with van der Waals surface area (Å²) in [6.45, 7) is -0.850. The Morgan fingerprint density at radius 1 is 1.47 bits per heavy atom. The molecule has 0 atom stereocenters. The molecule has 7 heteroatoms. The van der Waals surface area contributed by atoms with E-state index in [2.05, 4.69) is 21.5 Å². The van der Waals surface area contributed by atoms with E-state index in [1.807, 2.05) is 0 Å². The lowest BCUT2D eigenvalue weighted by Gasteiger charge is -2.04. The van der Waals surface area contributed by atoms with E-state index >= 15 is 0 Å². The minimum absolute atomic E-state index is 0.0465. The van der Waals surface area contributed by atoms with Crippen LogP contribution in [0.4, 0.5) is 4.39 Å². The molecule has 1 aromatic rings. The van der Waals surface area contributed by atoms with Crippen LogP contribution in [0.5, 0.6) is 0 Å². The zero-order valence-electron chi connectivity index (χ0n) is 8.98. The van der Waals surface area contributed by atoms with Crippen LogP contribution in [0.2, 0.25) is 0 Å². The molecule has 5 nitrogen and oxygen atoms in total. The summed E-state index contributed by atoms with van der Waals surface area (Å²) in [6, 6.07) is 1.36. The van der Waals surface area contributed by atoms with E-state index < -0.39 is 16.7 Å². The molecular formula is C10H12FN3O2S. The van der Waals surface area contributed by atoms with Gasteiger partial charge in [-0.1, -0.05) is 11.8 Å². The monoisotopic (exact) mass is 257 g/mol. The van der Waals surface area contributed by atoms with Crippen molar-refractivity contribution in [3.8, 4) is 11.8 Å². The van der Waals surface area contributed by atoms with Crippen molar-refractivity contribution in [3.63, 3.8) is 0 Å². The van der Waals surface area contributed by atoms with Crippen LogP contribution < -0.4 is 10.5 Å². The standard InChI is InChI=1S/C10H12FN3O2S/c11-3-5-14-17(15,16)10-6-9(2-1-4-12)7-13-8-10/h6-8,14H,3-5,12H2. The van der Waals surface area contributed by atoms with Gasteiger partial charge in [0.15, 0.2) is 0 Å². The van der Waals surface area contributed by atoms with Gasteiger partial charge in [0.2, 0.25) is 10.0 Å². The number of hydrogen-bond acceptors (Lipinski definition) is 4. The van der Waals surface area contributed by atoms with Crippen LogP contribution in [0.25, 0.3) is 0 Å². The second-order valence-corrected chi connectivity index (χ2v) is 4.77. The Morgan fingerprint density at radius 3 is 2.88 bits per heavy atom. The molecular weight excluding hydrogens is 245 g/mol. The van der Waals surface area contributed by atoms with Crippen LogP contribution in [0.15, 0.2) is 23.4 Å². The first-order valence-electron chi connectivity index (χ1n) is 4.80. The molecule has 0 fully saturated rings. The quantitative estimate of drug-likeness (QED) is 0.721. The second-order valence-electron chi connectivity index (χ2n) is 3.00. The molecule has 0 aromatic carbocycles. The van der Waals surface area contributed by atoms with Gasteiger partial charge in [0.05, 0.1) is 6.54 Å². The van der Waals surface area contributed by atoms with E-state index in [9.17, 15) is 12.8 Å². The highest BCUT2D eigenvalue weighted by Crippen LogP contribution is 2.08. The highest BCUT2D eigenvalue weighted by atomic mass is 32.2. The Balaban J connectivity index is 2.99. The van der Waals surface area contributed by atoms with Gasteiger partial charge in [-0.25, -0.2) is 17.5 Å². The molecule has 1 heterocycles. The first-order chi connectivity index (χ1) is 8.10. The Labute approximate surface area is 99.3 Å². The van der Waals surface area contributed by atoms with Crippen molar-refractivity contribution < 1.29 is 12.8 Å². The number of nitrogens with two attached hydrogens (primary N) is 1. The van der Waals surface area contributed by atoms with E-state index in [4.69, 9.17) is 5.73 Å². The van der Waals surface area contributed by atoms with Crippen molar-refractivity contribution in [1.29, 1.82) is 0 Å². The lowest BCUT2D eigenvalue weighted by atomic mass is 10.3. The molecule has 0 saturated heterocycles. The molecule has 0 radical (unpaired) electrons. The SMILES string of the molecule is NCC#Cc1cncc(S(=O)(=O)NCCF)c1. The van der Waals surface area contributed by atoms with Crippen LogP contribution >= 0.6 is 0 Å². The third kappa shape index (κ3) is 4.11. The van der Waals surface area contributed by atoms with Crippen LogP contribution in [-0.4, -0.2) is 33.2 Å². The van der Waals surface area contributed by atoms with Crippen molar-refractivity contribution in [3.05, 3.63) is 24.0 Å². The van der Waals surface area contributed by atoms with Gasteiger partial charge in [-0.3, -0.25) is 4.98 Å². The second kappa shape index (κ2) is 6.30. The minimum atomic E-state index is -3.72. The molecule has 17 heavy (non-hydrogen) atoms. The van der Waals surface area contributed by atoms with E-state index in [1.54, 1.807) is 0 Å². The molecule has 0 spiro atoms. The van der Waals surface area contributed by atoms with Gasteiger partial charge in [-0.2, -0.15) is 0 Å². The summed E-state index contributed by atoms with van der Waals surface area (Å²) < 4.78 is 37.3. The first kappa shape index (κ1) is 13.6. The first-order valence-corrected chi connectivity index (χ1v) is 6.28. The van der Waals surface area contributed by atoms with Gasteiger partial charge in [0.1, 0.15) is 11.6 Å². The highest BCUT2D eigenvalue weighted by Gasteiger charge is 2.13. The number of rotatable bonds is 4. The van der Waals surface area contributed by atoms with Crippen LogP contribution in [0.3, 0.4) is 0 Å². The maximum absolute atomic E-state index is 11.9. The highest BCUT2D eigenvalue weighted by molar-refractivity contribution is 7.89. The van der Waals surface area contributed by atoms with Gasteiger partial charge < -0.3 is 5.73 Å². The van der Waals surface area contributed by atoms with E-state index in [-0.39, 0.29) is 18.0 Å². The summed E-state index contributed by atoms with van der Waals surface area (Å²) in [5.74, 6) is 5.26. The predicted molar refractivity (Wildman–Crippen MR) is 61.3 cm³/mol. The minimum Gasteiger partial charge on any atom is -0.320 e. The number of nitrogens with one attached hydrogen (secondary N) is 1. The van der Waals surface area contributed by atoms with E-state index in [0.29, 0.717) is 5.56 Å². The Hall–Kier alpha value is -1.49. The molecule has 92 valence electrons. The summed E-state index contributed by atoms with van der Waals surface area (Å²) in [4.78, 5) is 3.71. The summed E-state index contributed by atoms with van der Waals surface area (Å²) in [5.41, 5.74) is 5.64. The third-order valence-electron chi connectivity index (χ3n) is 1.74. The van der Waals surface area contributed by atoms with Crippen molar-refractivity contribution in [2.24, 2.45) is 5.73 Å². The zero-order valence-corrected chi connectivity index (χ0v) is 9.80. The lowest BCUT2D eigenvalue weighted by Crippen LogP contribution is -2.25. The van der Waals surface area contributed by atoms with E-state index in [1.165, 1.54) is 18.5 Å². The molecule has 0 aliphatic rings. The third-order valence-corrected chi connectivity index (χ3v) is 3.17. The summed E-state index contributed by atoms with van der Waals surface area (Å²) >= 11 is 0. The van der Waals surface area contributed by atoms with Crippen LogP contribution in [-0.2, 0) is 10.0 Å². The molecule has 1 aromatic heterocycles. The van der Waals surface area contributed by atoms with Gasteiger partial charge >= 0.3 is 0 Å². The zero-order chi connectivity index (χ0) is 12.7. The van der Waals surface area contributed by atoms with Crippen molar-refractivity contribution in [2.75, 3.05) is 19.8 Å². The summed E-state index contributed by atoms with van der Waals surface area (Å²) in [5, 5.41) is 0. The maximum Gasteiger partial charge on any atom is 0.242 e. The molecule has 0 aliphatic heterocycles. The Kier molecular flexibility index (Phi) is 5.03. The van der Waals surface area contributed by atoms with E-state index in [0.717, 1.165) is 0 Å². The van der Waals surface area contributed by atoms with Gasteiger partial charge in [-0.05, 0) is 6.07 Å². The molecule has 1 rings (SSSR count). The number of halogens is 1. The molecule has 0 saturated carbocycles. The molecule has 0 amide bonds. The molecule has 0 unspecified atom stereocenters. The summed E-state index contributed by atoms with van der Waals surface area (Å²) in [7, 11) is -3.72. The van der Waals surface area contributed by atoms with Crippen molar-refractivity contribution >= 4 is 10.0 Å². The van der Waals surface area contributed by atoms with Crippen LogP contribution in [0, 0.1) is 11.8 Å². The fourth-order valence-electron chi connectivity index (χ4n) is 1.04. The molecule has 0 bridgehead atoms. The topological polar surface area (TPSA) is 85.1 Å². The average Bonchev–Trinajstić information content (AvgIpc) is 2.34. The normalized spacial score (nSPS) is 10.7. The van der Waals surface area contributed by atoms with Crippen molar-refractivity contribution in [2.45, 2.75) is 4.90 Å². The predicted octanol–water partition coefficient (Wildman–Crippen LogP) is -0.360. The van der Waals surface area contributed by atoms with Gasteiger partial charge in [0, 0.05) is 24.5 Å². The number of aromatic nitrogens is 1. The number of hydrogen-bond donors (Lipinski definition) is 2. The Morgan fingerprint density at radius 2 is 2.24 bits per heavy atom. The Bertz CT molecular complexity index is 534. The molecule has 0 aliphatic carbocycles. The molecule has 3 N–H and O–H groups in total. The number of nitrogens with zero attached hydrogens (tertiary/aromatic N) is 1. The maximum atomic E-state index is 11.9. The average molecular weight is 257 g/mol. The lowest BCUT2D eigenvalue weighted by molar-refractivity contribution is 0.486. The number of pyridine rings is 1. The number of sulfonamides is 1. The largest absolute Gasteiger partial charge is 0.320 e. The summed E-state index contributed by atoms with van der Waals surface area (Å²) in [6.07, 6.45) is 2.60.